The highest BCUT2D eigenvalue weighted by Crippen LogP contribution is 2.31. The highest BCUT2D eigenvalue weighted by Gasteiger charge is 2.22. The van der Waals surface area contributed by atoms with E-state index in [1.54, 1.807) is 5.30 Å². The lowest BCUT2D eigenvalue weighted by Gasteiger charge is -2.27. The van der Waals surface area contributed by atoms with Gasteiger partial charge < -0.3 is 0 Å². The van der Waals surface area contributed by atoms with Crippen molar-refractivity contribution < 1.29 is 0 Å². The van der Waals surface area contributed by atoms with Crippen molar-refractivity contribution in [2.45, 2.75) is 97.8 Å². The Kier molecular flexibility index (Phi) is 8.29. The molecule has 0 atom stereocenters. The zero-order chi connectivity index (χ0) is 17.5. The van der Waals surface area contributed by atoms with Crippen LogP contribution in [0.5, 0.6) is 0 Å². The molecular formula is C22H38P. The van der Waals surface area contributed by atoms with Crippen LogP contribution in [0.15, 0.2) is 18.2 Å². The molecule has 0 nitrogen and oxygen atoms in total. The van der Waals surface area contributed by atoms with Crippen molar-refractivity contribution in [2.75, 3.05) is 6.16 Å². The lowest BCUT2D eigenvalue weighted by Crippen LogP contribution is -2.23. The van der Waals surface area contributed by atoms with Gasteiger partial charge in [-0.3, -0.25) is 0 Å². The van der Waals surface area contributed by atoms with E-state index in [9.17, 15) is 0 Å². The van der Waals surface area contributed by atoms with E-state index in [2.05, 4.69) is 66.7 Å². The van der Waals surface area contributed by atoms with Gasteiger partial charge in [-0.05, 0) is 48.4 Å². The molecule has 0 unspecified atom stereocenters. The third kappa shape index (κ3) is 7.38. The van der Waals surface area contributed by atoms with Gasteiger partial charge in [-0.1, -0.05) is 98.8 Å². The van der Waals surface area contributed by atoms with E-state index < -0.39 is 0 Å². The summed E-state index contributed by atoms with van der Waals surface area (Å²) in [6, 6.07) is 7.20. The molecular weight excluding hydrogens is 295 g/mol. The summed E-state index contributed by atoms with van der Waals surface area (Å²) in [5.74, 6) is 0. The van der Waals surface area contributed by atoms with Crippen LogP contribution in [0.25, 0.3) is 0 Å². The van der Waals surface area contributed by atoms with Crippen LogP contribution in [-0.4, -0.2) is 6.16 Å². The second-order valence-corrected chi connectivity index (χ2v) is 10.1. The van der Waals surface area contributed by atoms with Gasteiger partial charge in [0.25, 0.3) is 0 Å². The second kappa shape index (κ2) is 9.22. The summed E-state index contributed by atoms with van der Waals surface area (Å²) in [6.45, 7) is 16.2. The molecule has 0 aromatic heterocycles. The average Bonchev–Trinajstić information content (AvgIpc) is 2.44. The molecule has 0 spiro atoms. The highest BCUT2D eigenvalue weighted by molar-refractivity contribution is 7.47. The molecule has 0 aliphatic carbocycles. The van der Waals surface area contributed by atoms with Gasteiger partial charge in [0.1, 0.15) is 0 Å². The van der Waals surface area contributed by atoms with Gasteiger partial charge >= 0.3 is 0 Å². The maximum Gasteiger partial charge on any atom is -0.0125 e. The summed E-state index contributed by atoms with van der Waals surface area (Å²) < 4.78 is 0. The Bertz CT molecular complexity index is 460. The zero-order valence-corrected chi connectivity index (χ0v) is 17.5. The third-order valence-electron chi connectivity index (χ3n) is 4.46. The fraction of sp³-hybridized carbons (Fsp3) is 0.727. The van der Waals surface area contributed by atoms with Gasteiger partial charge in [0.05, 0.1) is 0 Å². The van der Waals surface area contributed by atoms with Crippen LogP contribution in [0.2, 0.25) is 0 Å². The van der Waals surface area contributed by atoms with Crippen molar-refractivity contribution in [2.24, 2.45) is 0 Å². The van der Waals surface area contributed by atoms with E-state index >= 15 is 0 Å². The Hall–Kier alpha value is -0.350. The number of hydrogen-bond donors (Lipinski definition) is 0. The van der Waals surface area contributed by atoms with Gasteiger partial charge in [0.15, 0.2) is 0 Å². The number of hydrogen-bond acceptors (Lipinski definition) is 0. The summed E-state index contributed by atoms with van der Waals surface area (Å²) in [5.41, 5.74) is 3.46. The summed E-state index contributed by atoms with van der Waals surface area (Å²) in [6.07, 6.45) is 9.66. The fourth-order valence-corrected chi connectivity index (χ4v) is 4.21. The van der Waals surface area contributed by atoms with Crippen LogP contribution in [0, 0.1) is 0 Å². The zero-order valence-electron chi connectivity index (χ0n) is 16.6. The molecule has 0 aliphatic rings. The lowest BCUT2D eigenvalue weighted by molar-refractivity contribution is 0.571. The molecule has 1 rings (SSSR count). The van der Waals surface area contributed by atoms with E-state index in [1.807, 2.05) is 0 Å². The quantitative estimate of drug-likeness (QED) is 0.348. The summed E-state index contributed by atoms with van der Waals surface area (Å²) in [4.78, 5) is 0. The molecule has 1 radical (unpaired) electrons. The van der Waals surface area contributed by atoms with Gasteiger partial charge in [0, 0.05) is 0 Å². The monoisotopic (exact) mass is 333 g/mol. The number of unbranched alkanes of at least 4 members (excludes halogenated alkanes) is 5. The van der Waals surface area contributed by atoms with Crippen LogP contribution in [-0.2, 0) is 10.8 Å². The van der Waals surface area contributed by atoms with Crippen LogP contribution in [0.1, 0.15) is 98.1 Å². The molecule has 0 saturated heterocycles. The van der Waals surface area contributed by atoms with Crippen LogP contribution in [0.3, 0.4) is 0 Å². The Morgan fingerprint density at radius 2 is 1.39 bits per heavy atom. The van der Waals surface area contributed by atoms with E-state index in [4.69, 9.17) is 0 Å². The minimum absolute atomic E-state index is 0.227. The first-order valence-electron chi connectivity index (χ1n) is 9.48. The van der Waals surface area contributed by atoms with Gasteiger partial charge in [-0.25, -0.2) is 0 Å². The molecule has 23 heavy (non-hydrogen) atoms. The standard InChI is InChI=1S/C22H38P/c1-8-9-10-11-12-13-16-23-20-15-14-18(21(2,3)4)17-19(20)22(5,6)7/h14-15,17H,8-13,16H2,1-7H3. The average molecular weight is 334 g/mol. The molecule has 0 saturated carbocycles. The summed E-state index contributed by atoms with van der Waals surface area (Å²) in [7, 11) is 1.51. The first-order chi connectivity index (χ1) is 10.7. The van der Waals surface area contributed by atoms with Crippen molar-refractivity contribution in [3.8, 4) is 0 Å². The van der Waals surface area contributed by atoms with Crippen molar-refractivity contribution in [1.29, 1.82) is 0 Å². The van der Waals surface area contributed by atoms with Gasteiger partial charge in [0.2, 0.25) is 0 Å². The first kappa shape index (κ1) is 20.7. The van der Waals surface area contributed by atoms with E-state index in [0.29, 0.717) is 0 Å². The molecule has 0 aliphatic heterocycles. The lowest BCUT2D eigenvalue weighted by atomic mass is 9.81. The molecule has 1 aromatic carbocycles. The molecule has 0 N–H and O–H groups in total. The number of benzene rings is 1. The maximum absolute atomic E-state index is 2.46. The minimum Gasteiger partial charge on any atom is -0.0654 e. The summed E-state index contributed by atoms with van der Waals surface area (Å²) in [5, 5.41) is 1.54. The predicted molar refractivity (Wildman–Crippen MR) is 109 cm³/mol. The van der Waals surface area contributed by atoms with Crippen molar-refractivity contribution >= 4 is 13.9 Å². The van der Waals surface area contributed by atoms with Gasteiger partial charge in [-0.2, -0.15) is 0 Å². The Morgan fingerprint density at radius 1 is 0.783 bits per heavy atom. The van der Waals surface area contributed by atoms with Crippen molar-refractivity contribution in [3.63, 3.8) is 0 Å². The van der Waals surface area contributed by atoms with E-state index in [-0.39, 0.29) is 10.8 Å². The molecule has 1 heteroatoms. The summed E-state index contributed by atoms with van der Waals surface area (Å²) >= 11 is 0. The fourth-order valence-electron chi connectivity index (χ4n) is 2.83. The normalized spacial score (nSPS) is 13.2. The van der Waals surface area contributed by atoms with Gasteiger partial charge in [-0.15, -0.1) is 0 Å². The predicted octanol–water partition coefficient (Wildman–Crippen LogP) is 7.21. The first-order valence-corrected chi connectivity index (χ1v) is 10.6. The molecule has 0 bridgehead atoms. The van der Waals surface area contributed by atoms with Crippen molar-refractivity contribution in [3.05, 3.63) is 29.3 Å². The van der Waals surface area contributed by atoms with Crippen LogP contribution in [0.4, 0.5) is 0 Å². The largest absolute Gasteiger partial charge is 0.0654 e. The molecule has 0 heterocycles. The van der Waals surface area contributed by atoms with Crippen LogP contribution >= 0.6 is 8.58 Å². The smallest absolute Gasteiger partial charge is 0.0125 e. The Labute approximate surface area is 147 Å². The number of rotatable bonds is 8. The Balaban J connectivity index is 2.67. The molecule has 1 aromatic rings. The SMILES string of the molecule is CCCCCCCC[P]c1ccc(C(C)(C)C)cc1C(C)(C)C. The molecule has 0 fully saturated rings. The maximum atomic E-state index is 2.46. The van der Waals surface area contributed by atoms with E-state index in [0.717, 1.165) is 0 Å². The highest BCUT2D eigenvalue weighted by atomic mass is 31.1. The van der Waals surface area contributed by atoms with Crippen molar-refractivity contribution in [1.82, 2.24) is 0 Å². The molecule has 131 valence electrons. The Morgan fingerprint density at radius 3 is 1.96 bits per heavy atom. The minimum atomic E-state index is 0.227. The topological polar surface area (TPSA) is 0 Å². The third-order valence-corrected chi connectivity index (χ3v) is 5.73. The van der Waals surface area contributed by atoms with E-state index in [1.165, 1.54) is 64.4 Å². The molecule has 0 amide bonds. The second-order valence-electron chi connectivity index (χ2n) is 8.88. The van der Waals surface area contributed by atoms with Crippen LogP contribution < -0.4 is 5.30 Å².